The number of para-hydroxylation sites is 2. The van der Waals surface area contributed by atoms with Crippen LogP contribution >= 0.6 is 34.9 Å². The Morgan fingerprint density at radius 1 is 1.00 bits per heavy atom. The molecule has 3 aromatic rings. The molecule has 1 fully saturated rings. The van der Waals surface area contributed by atoms with E-state index in [-0.39, 0.29) is 5.91 Å². The molecule has 2 aliphatic rings. The molecule has 0 saturated carbocycles. The highest BCUT2D eigenvalue weighted by Crippen LogP contribution is 2.48. The smallest absolute Gasteiger partial charge is 0.242 e. The van der Waals surface area contributed by atoms with Gasteiger partial charge in [0.15, 0.2) is 4.34 Å². The fraction of sp³-hybridized carbons (Fsp3) is 0.250. The molecule has 0 atom stereocenters. The number of aromatic nitrogens is 2. The summed E-state index contributed by atoms with van der Waals surface area (Å²) in [5.41, 5.74) is 1.88. The van der Waals surface area contributed by atoms with Crippen LogP contribution in [0.4, 0.5) is 16.5 Å². The lowest BCUT2D eigenvalue weighted by Crippen LogP contribution is -2.36. The van der Waals surface area contributed by atoms with E-state index in [9.17, 15) is 4.79 Å². The molecule has 1 saturated heterocycles. The molecule has 0 bridgehead atoms. The van der Waals surface area contributed by atoms with Gasteiger partial charge in [0.05, 0.1) is 30.3 Å². The first-order chi connectivity index (χ1) is 14.3. The minimum Gasteiger partial charge on any atom is -0.378 e. The van der Waals surface area contributed by atoms with Gasteiger partial charge in [0.1, 0.15) is 0 Å². The number of anilines is 3. The minimum atomic E-state index is 0.0401. The molecule has 0 aliphatic carbocycles. The lowest BCUT2D eigenvalue weighted by Gasteiger charge is -2.30. The number of fused-ring (bicyclic) bond motifs is 2. The highest BCUT2D eigenvalue weighted by atomic mass is 32.2. The van der Waals surface area contributed by atoms with E-state index in [0.717, 1.165) is 43.7 Å². The normalized spacial score (nSPS) is 15.7. The van der Waals surface area contributed by atoms with Crippen LogP contribution < -0.4 is 9.80 Å². The van der Waals surface area contributed by atoms with E-state index in [0.29, 0.717) is 19.0 Å². The maximum Gasteiger partial charge on any atom is 0.242 e. The number of carbonyl (C=O) groups is 1. The van der Waals surface area contributed by atoms with Crippen molar-refractivity contribution >= 4 is 57.3 Å². The topological polar surface area (TPSA) is 58.6 Å². The van der Waals surface area contributed by atoms with Crippen molar-refractivity contribution in [3.8, 4) is 0 Å². The first-order valence-electron chi connectivity index (χ1n) is 9.27. The summed E-state index contributed by atoms with van der Waals surface area (Å²) in [6, 6.07) is 16.1. The van der Waals surface area contributed by atoms with E-state index in [2.05, 4.69) is 27.2 Å². The van der Waals surface area contributed by atoms with Gasteiger partial charge >= 0.3 is 0 Å². The van der Waals surface area contributed by atoms with Gasteiger partial charge in [0.2, 0.25) is 11.0 Å². The second-order valence-electron chi connectivity index (χ2n) is 6.51. The van der Waals surface area contributed by atoms with Gasteiger partial charge in [0, 0.05) is 22.9 Å². The van der Waals surface area contributed by atoms with Crippen LogP contribution in [0.2, 0.25) is 0 Å². The SMILES string of the molecule is O=C(CSc1nnc(N2CCOCC2)s1)N1c2ccccc2Sc2ccccc21. The van der Waals surface area contributed by atoms with E-state index in [4.69, 9.17) is 4.74 Å². The van der Waals surface area contributed by atoms with Crippen LogP contribution in [-0.2, 0) is 9.53 Å². The van der Waals surface area contributed by atoms with Crippen molar-refractivity contribution in [2.45, 2.75) is 14.1 Å². The van der Waals surface area contributed by atoms with Gasteiger partial charge in [-0.1, -0.05) is 59.1 Å². The maximum atomic E-state index is 13.2. The predicted octanol–water partition coefficient (Wildman–Crippen LogP) is 4.30. The number of ether oxygens (including phenoxy) is 1. The van der Waals surface area contributed by atoms with Gasteiger partial charge in [-0.2, -0.15) is 0 Å². The molecule has 1 aromatic heterocycles. The van der Waals surface area contributed by atoms with Crippen molar-refractivity contribution in [3.05, 3.63) is 48.5 Å². The van der Waals surface area contributed by atoms with Crippen LogP contribution in [0.3, 0.4) is 0 Å². The fourth-order valence-electron chi connectivity index (χ4n) is 3.30. The Morgan fingerprint density at radius 2 is 1.66 bits per heavy atom. The molecular weight excluding hydrogens is 424 g/mol. The Labute approximate surface area is 181 Å². The quantitative estimate of drug-likeness (QED) is 0.559. The predicted molar refractivity (Wildman–Crippen MR) is 118 cm³/mol. The second kappa shape index (κ2) is 8.35. The van der Waals surface area contributed by atoms with E-state index in [1.165, 1.54) is 23.1 Å². The molecule has 0 unspecified atom stereocenters. The third-order valence-electron chi connectivity index (χ3n) is 4.68. The van der Waals surface area contributed by atoms with E-state index >= 15 is 0 Å². The highest BCUT2D eigenvalue weighted by molar-refractivity contribution is 8.01. The zero-order valence-corrected chi connectivity index (χ0v) is 17.9. The van der Waals surface area contributed by atoms with Gasteiger partial charge in [0.25, 0.3) is 0 Å². The number of thioether (sulfide) groups is 1. The third-order valence-corrected chi connectivity index (χ3v) is 7.91. The van der Waals surface area contributed by atoms with E-state index in [1.54, 1.807) is 11.8 Å². The second-order valence-corrected chi connectivity index (χ2v) is 9.77. The Kier molecular flexibility index (Phi) is 5.45. The van der Waals surface area contributed by atoms with E-state index in [1.807, 2.05) is 41.3 Å². The summed E-state index contributed by atoms with van der Waals surface area (Å²) in [4.78, 5) is 19.4. The maximum absolute atomic E-state index is 13.2. The summed E-state index contributed by atoms with van der Waals surface area (Å²) in [5, 5.41) is 9.46. The van der Waals surface area contributed by atoms with Crippen molar-refractivity contribution in [1.29, 1.82) is 0 Å². The molecule has 1 amide bonds. The molecule has 3 heterocycles. The van der Waals surface area contributed by atoms with Gasteiger partial charge in [-0.15, -0.1) is 10.2 Å². The van der Waals surface area contributed by atoms with Crippen LogP contribution in [-0.4, -0.2) is 48.2 Å². The highest BCUT2D eigenvalue weighted by Gasteiger charge is 2.28. The number of benzene rings is 2. The first kappa shape index (κ1) is 18.9. The number of morpholine rings is 1. The molecule has 148 valence electrons. The minimum absolute atomic E-state index is 0.0401. The summed E-state index contributed by atoms with van der Waals surface area (Å²) in [5.74, 6) is 0.351. The van der Waals surface area contributed by atoms with Crippen molar-refractivity contribution in [2.75, 3.05) is 41.9 Å². The molecule has 2 aliphatic heterocycles. The number of hydrogen-bond acceptors (Lipinski definition) is 8. The van der Waals surface area contributed by atoms with Crippen molar-refractivity contribution < 1.29 is 9.53 Å². The van der Waals surface area contributed by atoms with Gasteiger partial charge in [-0.3, -0.25) is 9.69 Å². The van der Waals surface area contributed by atoms with Gasteiger partial charge < -0.3 is 9.64 Å². The first-order valence-corrected chi connectivity index (χ1v) is 11.9. The van der Waals surface area contributed by atoms with Crippen LogP contribution in [0.25, 0.3) is 0 Å². The summed E-state index contributed by atoms with van der Waals surface area (Å²) >= 11 is 4.68. The fourth-order valence-corrected chi connectivity index (χ4v) is 6.10. The molecule has 0 N–H and O–H groups in total. The molecule has 29 heavy (non-hydrogen) atoms. The zero-order chi connectivity index (χ0) is 19.6. The molecule has 5 rings (SSSR count). The van der Waals surface area contributed by atoms with Crippen molar-refractivity contribution in [1.82, 2.24) is 10.2 Å². The number of amides is 1. The van der Waals surface area contributed by atoms with Crippen molar-refractivity contribution in [3.63, 3.8) is 0 Å². The molecule has 0 spiro atoms. The van der Waals surface area contributed by atoms with Crippen LogP contribution in [0, 0.1) is 0 Å². The number of nitrogens with zero attached hydrogens (tertiary/aromatic N) is 4. The monoisotopic (exact) mass is 442 g/mol. The molecule has 6 nitrogen and oxygen atoms in total. The van der Waals surface area contributed by atoms with Crippen LogP contribution in [0.1, 0.15) is 0 Å². The zero-order valence-electron chi connectivity index (χ0n) is 15.5. The number of hydrogen-bond donors (Lipinski definition) is 0. The summed E-state index contributed by atoms with van der Waals surface area (Å²) in [6.45, 7) is 3.09. The Balaban J connectivity index is 1.33. The summed E-state index contributed by atoms with van der Waals surface area (Å²) in [7, 11) is 0. The summed E-state index contributed by atoms with van der Waals surface area (Å²) in [6.07, 6.45) is 0. The molecule has 2 aromatic carbocycles. The van der Waals surface area contributed by atoms with Gasteiger partial charge in [-0.05, 0) is 24.3 Å². The molecular formula is C20H18N4O2S3. The van der Waals surface area contributed by atoms with Gasteiger partial charge in [-0.25, -0.2) is 0 Å². The van der Waals surface area contributed by atoms with Crippen LogP contribution in [0.5, 0.6) is 0 Å². The Morgan fingerprint density at radius 3 is 2.34 bits per heavy atom. The standard InChI is InChI=1S/C20H18N4O2S3/c25-18(13-27-20-22-21-19(29-20)23-9-11-26-12-10-23)24-14-5-1-3-7-16(14)28-17-8-4-2-6-15(17)24/h1-8H,9-13H2. The van der Waals surface area contributed by atoms with E-state index < -0.39 is 0 Å². The Bertz CT molecular complexity index is 990. The molecule has 0 radical (unpaired) electrons. The van der Waals surface area contributed by atoms with Crippen LogP contribution in [0.15, 0.2) is 62.7 Å². The largest absolute Gasteiger partial charge is 0.378 e. The van der Waals surface area contributed by atoms with Crippen molar-refractivity contribution in [2.24, 2.45) is 0 Å². The lowest BCUT2D eigenvalue weighted by molar-refractivity contribution is -0.115. The average Bonchev–Trinajstić information content (AvgIpc) is 3.25. The molecule has 9 heteroatoms. The summed E-state index contributed by atoms with van der Waals surface area (Å²) < 4.78 is 6.20. The third kappa shape index (κ3) is 3.87. The number of carbonyl (C=O) groups excluding carboxylic acids is 1. The lowest BCUT2D eigenvalue weighted by atomic mass is 10.2. The number of rotatable bonds is 4. The Hall–Kier alpha value is -2.07. The average molecular weight is 443 g/mol.